The zero-order chi connectivity index (χ0) is 32.4. The lowest BCUT2D eigenvalue weighted by molar-refractivity contribution is -0.165. The van der Waals surface area contributed by atoms with E-state index in [0.717, 1.165) is 51.4 Å². The fourth-order valence-corrected chi connectivity index (χ4v) is 9.44. The third-order valence-corrected chi connectivity index (χ3v) is 12.0. The number of nitrogens with one attached hydrogen (secondary N) is 1. The summed E-state index contributed by atoms with van der Waals surface area (Å²) in [7, 11) is 0. The molecule has 7 N–H and O–H groups in total. The smallest absolute Gasteiger partial charge is 0.407 e. The van der Waals surface area contributed by atoms with Crippen molar-refractivity contribution >= 4 is 18.0 Å². The molecule has 5 rings (SSSR count). The van der Waals surface area contributed by atoms with Crippen molar-refractivity contribution in [3.8, 4) is 0 Å². The van der Waals surface area contributed by atoms with Gasteiger partial charge in [0.1, 0.15) is 24.7 Å². The molecule has 45 heavy (non-hydrogen) atoms. The molecule has 0 aromatic rings. The molecule has 0 saturated heterocycles. The van der Waals surface area contributed by atoms with Crippen molar-refractivity contribution in [2.75, 3.05) is 33.0 Å². The van der Waals surface area contributed by atoms with Gasteiger partial charge < -0.3 is 45.9 Å². The SMILES string of the molecule is C[C@@]12CC[C@@H](O)CC1=CCC1C2CC[C@]2(C)C1CC[C@H]2OC(=O)COCCOCCNC(=O)OC1CCC(N)C(O)C1C(N)=O. The number of esters is 1. The first-order chi connectivity index (χ1) is 21.4. The molecule has 0 radical (unpaired) electrons. The van der Waals surface area contributed by atoms with E-state index in [2.05, 4.69) is 25.2 Å². The summed E-state index contributed by atoms with van der Waals surface area (Å²) in [4.78, 5) is 36.6. The molecule has 4 saturated carbocycles. The molecule has 0 heterocycles. The number of primary amides is 1. The van der Waals surface area contributed by atoms with E-state index in [0.29, 0.717) is 30.6 Å². The summed E-state index contributed by atoms with van der Waals surface area (Å²) in [6, 6.07) is -0.591. The highest BCUT2D eigenvalue weighted by Crippen LogP contribution is 2.65. The van der Waals surface area contributed by atoms with Gasteiger partial charge in [0.2, 0.25) is 5.91 Å². The Morgan fingerprint density at radius 1 is 0.956 bits per heavy atom. The van der Waals surface area contributed by atoms with Crippen LogP contribution in [0.2, 0.25) is 0 Å². The molecular weight excluding hydrogens is 582 g/mol. The molecule has 7 unspecified atom stereocenters. The number of rotatable bonds is 11. The molecule has 0 aliphatic heterocycles. The second-order valence-corrected chi connectivity index (χ2v) is 14.5. The van der Waals surface area contributed by atoms with Crippen molar-refractivity contribution in [3.05, 3.63) is 11.6 Å². The predicted octanol–water partition coefficient (Wildman–Crippen LogP) is 1.93. The zero-order valence-corrected chi connectivity index (χ0v) is 26.8. The van der Waals surface area contributed by atoms with Gasteiger partial charge in [0.05, 0.1) is 32.0 Å². The fraction of sp³-hybridized carbons (Fsp3) is 0.848. The Morgan fingerprint density at radius 2 is 1.73 bits per heavy atom. The molecule has 0 aromatic heterocycles. The molecule has 11 atom stereocenters. The normalized spacial score (nSPS) is 40.7. The molecule has 4 fully saturated rings. The zero-order valence-electron chi connectivity index (χ0n) is 26.8. The number of ether oxygens (including phenoxy) is 4. The Balaban J connectivity index is 0.962. The van der Waals surface area contributed by atoms with E-state index >= 15 is 0 Å². The van der Waals surface area contributed by atoms with Crippen LogP contribution in [0.4, 0.5) is 4.79 Å². The van der Waals surface area contributed by atoms with Crippen molar-refractivity contribution in [1.82, 2.24) is 5.32 Å². The van der Waals surface area contributed by atoms with Crippen molar-refractivity contribution in [3.63, 3.8) is 0 Å². The highest BCUT2D eigenvalue weighted by Gasteiger charge is 2.59. The molecular formula is C33H53N3O9. The maximum atomic E-state index is 12.7. The van der Waals surface area contributed by atoms with Gasteiger partial charge >= 0.3 is 12.1 Å². The number of hydrogen-bond acceptors (Lipinski definition) is 10. The highest BCUT2D eigenvalue weighted by molar-refractivity contribution is 5.79. The maximum absolute atomic E-state index is 12.7. The van der Waals surface area contributed by atoms with Crippen LogP contribution < -0.4 is 16.8 Å². The highest BCUT2D eigenvalue weighted by atomic mass is 16.6. The first-order valence-electron chi connectivity index (χ1n) is 16.8. The standard InChI is InChI=1S/C33H53N3O9/c1-32-11-9-20(37)17-19(32)3-4-21-22-5-8-26(33(22,2)12-10-23(21)32)45-27(38)18-43-16-15-42-14-13-36-31(41)44-25-7-6-24(34)29(39)28(25)30(35)40/h3,20-26,28-29,37,39H,4-18,34H2,1-2H3,(H2,35,40)(H,36,41)/t20-,21?,22?,23?,24?,25?,26-,28?,29?,32-,33-/m1/s1. The Morgan fingerprint density at radius 3 is 2.51 bits per heavy atom. The predicted molar refractivity (Wildman–Crippen MR) is 163 cm³/mol. The molecule has 5 aliphatic carbocycles. The molecule has 254 valence electrons. The van der Waals surface area contributed by atoms with Gasteiger partial charge in [-0.25, -0.2) is 9.59 Å². The average Bonchev–Trinajstić information content (AvgIpc) is 3.32. The number of amides is 2. The number of carbonyl (C=O) groups excluding carboxylic acids is 3. The van der Waals surface area contributed by atoms with E-state index in [1.165, 1.54) is 5.57 Å². The van der Waals surface area contributed by atoms with E-state index in [1.807, 2.05) is 0 Å². The third kappa shape index (κ3) is 7.20. The van der Waals surface area contributed by atoms with Gasteiger partial charge in [-0.15, -0.1) is 0 Å². The van der Waals surface area contributed by atoms with Gasteiger partial charge in [-0.1, -0.05) is 25.5 Å². The second kappa shape index (κ2) is 14.3. The van der Waals surface area contributed by atoms with Crippen LogP contribution in [0.3, 0.4) is 0 Å². The van der Waals surface area contributed by atoms with Crippen molar-refractivity contribution < 1.29 is 43.5 Å². The van der Waals surface area contributed by atoms with Gasteiger partial charge in [-0.05, 0) is 87.4 Å². The summed E-state index contributed by atoms with van der Waals surface area (Å²) in [5.41, 5.74) is 12.8. The van der Waals surface area contributed by atoms with Crippen LogP contribution in [0.5, 0.6) is 0 Å². The molecule has 0 bridgehead atoms. The molecule has 5 aliphatic rings. The Bertz CT molecular complexity index is 1120. The Hall–Kier alpha value is -2.25. The second-order valence-electron chi connectivity index (χ2n) is 14.5. The number of alkyl carbamates (subject to hydrolysis) is 1. The minimum atomic E-state index is -1.16. The van der Waals surface area contributed by atoms with Gasteiger partial charge in [0.15, 0.2) is 0 Å². The number of nitrogens with two attached hydrogens (primary N) is 2. The van der Waals surface area contributed by atoms with Gasteiger partial charge in [-0.3, -0.25) is 4.79 Å². The van der Waals surface area contributed by atoms with Crippen molar-refractivity contribution in [2.45, 2.75) is 109 Å². The lowest BCUT2D eigenvalue weighted by Crippen LogP contribution is -2.55. The van der Waals surface area contributed by atoms with Gasteiger partial charge in [0.25, 0.3) is 0 Å². The quantitative estimate of drug-likeness (QED) is 0.127. The minimum absolute atomic E-state index is 0.0195. The Kier molecular flexibility index (Phi) is 10.8. The number of aliphatic hydroxyl groups excluding tert-OH is 2. The number of allylic oxidation sites excluding steroid dienone is 1. The molecule has 12 nitrogen and oxygen atoms in total. The topological polar surface area (TPSA) is 193 Å². The van der Waals surface area contributed by atoms with Gasteiger partial charge in [-0.2, -0.15) is 0 Å². The number of carbonyl (C=O) groups is 3. The van der Waals surface area contributed by atoms with Crippen LogP contribution in [-0.2, 0) is 28.5 Å². The van der Waals surface area contributed by atoms with Crippen LogP contribution in [0, 0.1) is 34.5 Å². The van der Waals surface area contributed by atoms with E-state index in [1.54, 1.807) is 0 Å². The molecule has 12 heteroatoms. The Labute approximate surface area is 265 Å². The van der Waals surface area contributed by atoms with E-state index in [9.17, 15) is 24.6 Å². The summed E-state index contributed by atoms with van der Waals surface area (Å²) in [5.74, 6) is -0.382. The molecule has 2 amide bonds. The van der Waals surface area contributed by atoms with Crippen molar-refractivity contribution in [2.24, 2.45) is 46.0 Å². The number of fused-ring (bicyclic) bond motifs is 5. The van der Waals surface area contributed by atoms with E-state index in [4.69, 9.17) is 30.4 Å². The lowest BCUT2D eigenvalue weighted by Gasteiger charge is -2.57. The minimum Gasteiger partial charge on any atom is -0.460 e. The van der Waals surface area contributed by atoms with Crippen LogP contribution in [0.1, 0.15) is 78.1 Å². The third-order valence-electron chi connectivity index (χ3n) is 12.0. The van der Waals surface area contributed by atoms with Crippen molar-refractivity contribution in [1.29, 1.82) is 0 Å². The summed E-state index contributed by atoms with van der Waals surface area (Å²) in [6.45, 7) is 5.40. The summed E-state index contributed by atoms with van der Waals surface area (Å²) >= 11 is 0. The summed E-state index contributed by atoms with van der Waals surface area (Å²) in [6.07, 6.45) is 8.14. The van der Waals surface area contributed by atoms with Crippen LogP contribution in [0.25, 0.3) is 0 Å². The molecule has 0 spiro atoms. The average molecular weight is 636 g/mol. The first-order valence-corrected chi connectivity index (χ1v) is 16.8. The van der Waals surface area contributed by atoms with Gasteiger partial charge in [0, 0.05) is 18.0 Å². The first kappa shape index (κ1) is 34.1. The van der Waals surface area contributed by atoms with E-state index in [-0.39, 0.29) is 62.0 Å². The lowest BCUT2D eigenvalue weighted by atomic mass is 9.48. The van der Waals surface area contributed by atoms with Crippen LogP contribution in [0.15, 0.2) is 11.6 Å². The molecule has 0 aromatic carbocycles. The monoisotopic (exact) mass is 635 g/mol. The number of hydrogen-bond donors (Lipinski definition) is 5. The summed E-state index contributed by atoms with van der Waals surface area (Å²) < 4.78 is 22.3. The largest absolute Gasteiger partial charge is 0.460 e. The maximum Gasteiger partial charge on any atom is 0.407 e. The summed E-state index contributed by atoms with van der Waals surface area (Å²) in [5, 5.41) is 22.9. The fourth-order valence-electron chi connectivity index (χ4n) is 9.44. The number of aliphatic hydroxyl groups is 2. The van der Waals surface area contributed by atoms with Crippen LogP contribution >= 0.6 is 0 Å². The van der Waals surface area contributed by atoms with Crippen LogP contribution in [-0.4, -0.2) is 91.6 Å². The van der Waals surface area contributed by atoms with E-state index < -0.39 is 36.2 Å².